The molecule has 0 aliphatic carbocycles. The summed E-state index contributed by atoms with van der Waals surface area (Å²) in [5.74, 6) is 0.293. The van der Waals surface area contributed by atoms with E-state index in [-0.39, 0.29) is 21.8 Å². The van der Waals surface area contributed by atoms with Gasteiger partial charge in [-0.05, 0) is 48.6 Å². The number of phenols is 1. The minimum atomic E-state index is -3.39. The number of unbranched alkanes of at least 4 members (excludes halogenated alkanes) is 12. The normalized spacial score (nSPS) is 12.4. The number of hydrogen-bond acceptors (Lipinski definition) is 5. The first kappa shape index (κ1) is 31.1. The molecule has 0 amide bonds. The molecule has 0 spiro atoms. The van der Waals surface area contributed by atoms with Gasteiger partial charge in [0.25, 0.3) is 0 Å². The average Bonchev–Trinajstić information content (AvgIpc) is 3.30. The van der Waals surface area contributed by atoms with Crippen LogP contribution in [0.5, 0.6) is 5.75 Å². The van der Waals surface area contributed by atoms with Crippen molar-refractivity contribution in [1.82, 2.24) is 15.0 Å². The second-order valence-electron chi connectivity index (χ2n) is 12.1. The fourth-order valence-electron chi connectivity index (χ4n) is 5.11. The smallest absolute Gasteiger partial charge is 0.178 e. The third-order valence-electron chi connectivity index (χ3n) is 7.49. The minimum absolute atomic E-state index is 0.142. The van der Waals surface area contributed by atoms with E-state index in [9.17, 15) is 13.5 Å². The lowest BCUT2D eigenvalue weighted by atomic mass is 9.85. The Morgan fingerprint density at radius 3 is 1.87 bits per heavy atom. The van der Waals surface area contributed by atoms with Crippen molar-refractivity contribution in [3.05, 3.63) is 41.5 Å². The first-order valence-electron chi connectivity index (χ1n) is 15.0. The highest BCUT2D eigenvalue weighted by molar-refractivity contribution is 7.91. The van der Waals surface area contributed by atoms with E-state index in [1.54, 1.807) is 18.2 Å². The van der Waals surface area contributed by atoms with Crippen LogP contribution in [0.15, 0.2) is 35.2 Å². The van der Waals surface area contributed by atoms with E-state index in [1.807, 2.05) is 39.8 Å². The third kappa shape index (κ3) is 9.06. The molecule has 0 unspecified atom stereocenters. The highest BCUT2D eigenvalue weighted by Crippen LogP contribution is 2.36. The van der Waals surface area contributed by atoms with Crippen LogP contribution in [0.4, 0.5) is 0 Å². The van der Waals surface area contributed by atoms with E-state index in [0.29, 0.717) is 23.1 Å². The van der Waals surface area contributed by atoms with Crippen molar-refractivity contribution < 1.29 is 13.5 Å². The molecular formula is C32H49N3O3S. The molecular weight excluding hydrogens is 506 g/mol. The molecule has 6 nitrogen and oxygen atoms in total. The summed E-state index contributed by atoms with van der Waals surface area (Å²) in [6.07, 6.45) is 15.9. The van der Waals surface area contributed by atoms with Crippen molar-refractivity contribution >= 4 is 20.9 Å². The maximum atomic E-state index is 13.0. The summed E-state index contributed by atoms with van der Waals surface area (Å²) in [6, 6.07) is 8.75. The van der Waals surface area contributed by atoms with Gasteiger partial charge < -0.3 is 5.11 Å². The Balaban J connectivity index is 1.51. The number of rotatable bonds is 16. The van der Waals surface area contributed by atoms with Gasteiger partial charge in [-0.25, -0.2) is 8.42 Å². The highest BCUT2D eigenvalue weighted by atomic mass is 32.2. The van der Waals surface area contributed by atoms with Crippen LogP contribution in [0.1, 0.15) is 122 Å². The minimum Gasteiger partial charge on any atom is -0.505 e. The van der Waals surface area contributed by atoms with Crippen molar-refractivity contribution in [2.75, 3.05) is 5.75 Å². The molecule has 0 fully saturated rings. The maximum absolute atomic E-state index is 13.0. The number of benzene rings is 2. The van der Waals surface area contributed by atoms with Crippen molar-refractivity contribution in [3.8, 4) is 11.4 Å². The molecule has 3 rings (SSSR count). The molecule has 0 saturated heterocycles. The van der Waals surface area contributed by atoms with E-state index in [0.717, 1.165) is 24.0 Å². The van der Waals surface area contributed by atoms with Crippen molar-refractivity contribution in [2.45, 2.75) is 128 Å². The van der Waals surface area contributed by atoms with Crippen LogP contribution in [0.25, 0.3) is 16.7 Å². The topological polar surface area (TPSA) is 85.1 Å². The predicted molar refractivity (Wildman–Crippen MR) is 162 cm³/mol. The molecule has 0 bridgehead atoms. The molecule has 39 heavy (non-hydrogen) atoms. The summed E-state index contributed by atoms with van der Waals surface area (Å²) < 4.78 is 26.0. The van der Waals surface area contributed by atoms with Crippen LogP contribution in [0.3, 0.4) is 0 Å². The zero-order valence-corrected chi connectivity index (χ0v) is 25.6. The number of aromatic hydroxyl groups is 1. The SMILES string of the molecule is CCCCCCCCCCCCCCCS(=O)(=O)c1ccc2nn(-c3cc(C)cc(C(C)(C)C)c3O)nc2c1. The molecule has 2 aromatic carbocycles. The molecule has 0 atom stereocenters. The lowest BCUT2D eigenvalue weighted by molar-refractivity contribution is 0.440. The van der Waals surface area contributed by atoms with E-state index in [4.69, 9.17) is 0 Å². The van der Waals surface area contributed by atoms with E-state index < -0.39 is 9.84 Å². The van der Waals surface area contributed by atoms with Crippen LogP contribution < -0.4 is 0 Å². The predicted octanol–water partition coefficient (Wildman–Crippen LogP) is 8.60. The number of aromatic nitrogens is 3. The van der Waals surface area contributed by atoms with E-state index in [2.05, 4.69) is 17.1 Å². The van der Waals surface area contributed by atoms with Crippen molar-refractivity contribution in [2.24, 2.45) is 0 Å². The first-order chi connectivity index (χ1) is 18.5. The Hall–Kier alpha value is -2.41. The number of sulfone groups is 1. The maximum Gasteiger partial charge on any atom is 0.178 e. The van der Waals surface area contributed by atoms with E-state index in [1.165, 1.54) is 69.0 Å². The summed E-state index contributed by atoms with van der Waals surface area (Å²) >= 11 is 0. The second-order valence-corrected chi connectivity index (χ2v) is 14.2. The van der Waals surface area contributed by atoms with Gasteiger partial charge in [0.05, 0.1) is 10.6 Å². The fraction of sp³-hybridized carbons (Fsp3) is 0.625. The molecule has 0 aliphatic heterocycles. The summed E-state index contributed by atoms with van der Waals surface area (Å²) in [4.78, 5) is 1.69. The molecule has 0 aliphatic rings. The van der Waals surface area contributed by atoms with Gasteiger partial charge in [0.2, 0.25) is 0 Å². The number of phenolic OH excluding ortho intramolecular Hbond substituents is 1. The zero-order chi connectivity index (χ0) is 28.5. The summed E-state index contributed by atoms with van der Waals surface area (Å²) in [7, 11) is -3.39. The summed E-state index contributed by atoms with van der Waals surface area (Å²) in [5.41, 5.74) is 3.15. The second kappa shape index (κ2) is 14.3. The molecule has 7 heteroatoms. The van der Waals surface area contributed by atoms with Crippen LogP contribution in [-0.4, -0.2) is 34.3 Å². The molecule has 1 aromatic heterocycles. The van der Waals surface area contributed by atoms with Gasteiger partial charge in [-0.3, -0.25) is 0 Å². The number of fused-ring (bicyclic) bond motifs is 1. The Morgan fingerprint density at radius 1 is 0.769 bits per heavy atom. The molecule has 216 valence electrons. The number of nitrogens with zero attached hydrogens (tertiary/aromatic N) is 3. The third-order valence-corrected chi connectivity index (χ3v) is 9.28. The Labute approximate surface area is 236 Å². The monoisotopic (exact) mass is 555 g/mol. The van der Waals surface area contributed by atoms with Crippen LogP contribution in [0.2, 0.25) is 0 Å². The van der Waals surface area contributed by atoms with Crippen LogP contribution in [-0.2, 0) is 15.3 Å². The summed E-state index contributed by atoms with van der Waals surface area (Å²) in [6.45, 7) is 10.4. The number of aryl methyl sites for hydroxylation is 1. The van der Waals surface area contributed by atoms with Gasteiger partial charge in [0.15, 0.2) is 9.84 Å². The Kier molecular flexibility index (Phi) is 11.4. The van der Waals surface area contributed by atoms with Crippen molar-refractivity contribution in [1.29, 1.82) is 0 Å². The highest BCUT2D eigenvalue weighted by Gasteiger charge is 2.23. The van der Waals surface area contributed by atoms with E-state index >= 15 is 0 Å². The fourth-order valence-corrected chi connectivity index (χ4v) is 6.49. The number of hydrogen-bond donors (Lipinski definition) is 1. The quantitative estimate of drug-likeness (QED) is 0.179. The standard InChI is InChI=1S/C32H49N3O3S/c1-6-7-8-9-10-11-12-13-14-15-16-17-18-21-39(37,38)26-19-20-28-29(24-26)34-35(33-28)30-23-25(2)22-27(31(30)36)32(3,4)5/h19-20,22-24,36H,6-18,21H2,1-5H3. The molecule has 1 N–H and O–H groups in total. The lowest BCUT2D eigenvalue weighted by Crippen LogP contribution is -2.13. The van der Waals surface area contributed by atoms with Gasteiger partial charge in [-0.15, -0.1) is 15.0 Å². The molecule has 0 radical (unpaired) electrons. The van der Waals surface area contributed by atoms with Gasteiger partial charge >= 0.3 is 0 Å². The average molecular weight is 556 g/mol. The van der Waals surface area contributed by atoms with Gasteiger partial charge in [-0.2, -0.15) is 0 Å². The Bertz CT molecular complexity index is 1310. The van der Waals surface area contributed by atoms with Gasteiger partial charge in [0, 0.05) is 5.56 Å². The largest absolute Gasteiger partial charge is 0.505 e. The zero-order valence-electron chi connectivity index (χ0n) is 24.8. The van der Waals surface area contributed by atoms with Crippen molar-refractivity contribution in [3.63, 3.8) is 0 Å². The summed E-state index contributed by atoms with van der Waals surface area (Å²) in [5, 5.41) is 20.0. The first-order valence-corrected chi connectivity index (χ1v) is 16.6. The molecule has 1 heterocycles. The van der Waals surface area contributed by atoms with Gasteiger partial charge in [0.1, 0.15) is 22.5 Å². The Morgan fingerprint density at radius 2 is 1.31 bits per heavy atom. The molecule has 0 saturated carbocycles. The van der Waals surface area contributed by atoms with Crippen LogP contribution >= 0.6 is 0 Å². The van der Waals surface area contributed by atoms with Gasteiger partial charge in [-0.1, -0.05) is 111 Å². The lowest BCUT2D eigenvalue weighted by Gasteiger charge is -2.22. The van der Waals surface area contributed by atoms with Crippen LogP contribution in [0, 0.1) is 6.92 Å². The molecule has 3 aromatic rings.